The van der Waals surface area contributed by atoms with Gasteiger partial charge in [-0.25, -0.2) is 14.5 Å². The van der Waals surface area contributed by atoms with E-state index in [-0.39, 0.29) is 18.2 Å². The highest BCUT2D eigenvalue weighted by Gasteiger charge is 2.32. The summed E-state index contributed by atoms with van der Waals surface area (Å²) in [7, 11) is 0. The molecule has 2 N–H and O–H groups in total. The van der Waals surface area contributed by atoms with Gasteiger partial charge in [-0.3, -0.25) is 9.48 Å². The third-order valence-corrected chi connectivity index (χ3v) is 5.47. The molecule has 0 aliphatic heterocycles. The lowest BCUT2D eigenvalue weighted by Gasteiger charge is -2.23. The molecule has 36 heavy (non-hydrogen) atoms. The number of ether oxygens (including phenoxy) is 1. The van der Waals surface area contributed by atoms with Gasteiger partial charge >= 0.3 is 6.36 Å². The van der Waals surface area contributed by atoms with E-state index in [1.807, 2.05) is 6.92 Å². The predicted octanol–water partition coefficient (Wildman–Crippen LogP) is 3.39. The van der Waals surface area contributed by atoms with Gasteiger partial charge in [0.05, 0.1) is 29.9 Å². The van der Waals surface area contributed by atoms with E-state index in [2.05, 4.69) is 30.2 Å². The molecule has 4 aromatic heterocycles. The number of aliphatic hydroxyl groups is 1. The molecule has 4 heterocycles. The van der Waals surface area contributed by atoms with Gasteiger partial charge in [-0.1, -0.05) is 6.92 Å². The maximum Gasteiger partial charge on any atom is 0.574 e. The molecule has 1 atom stereocenters. The van der Waals surface area contributed by atoms with Crippen LogP contribution in [-0.2, 0) is 0 Å². The van der Waals surface area contributed by atoms with E-state index in [1.165, 1.54) is 23.1 Å². The molecule has 4 aromatic rings. The Morgan fingerprint density at radius 2 is 1.92 bits per heavy atom. The molecule has 0 bridgehead atoms. The Kier molecular flexibility index (Phi) is 6.67. The molecule has 1 amide bonds. The molecule has 0 aromatic carbocycles. The van der Waals surface area contributed by atoms with E-state index in [9.17, 15) is 23.1 Å². The quantitative estimate of drug-likeness (QED) is 0.378. The first-order valence-electron chi connectivity index (χ1n) is 11.0. The summed E-state index contributed by atoms with van der Waals surface area (Å²) in [5, 5.41) is 20.9. The fraction of sp³-hybridized carbons (Fsp3) is 0.348. The number of halogens is 3. The van der Waals surface area contributed by atoms with Gasteiger partial charge in [-0.2, -0.15) is 10.2 Å². The highest BCUT2D eigenvalue weighted by Crippen LogP contribution is 2.28. The zero-order valence-corrected chi connectivity index (χ0v) is 19.7. The Morgan fingerprint density at radius 3 is 2.56 bits per heavy atom. The van der Waals surface area contributed by atoms with E-state index in [4.69, 9.17) is 0 Å². The van der Waals surface area contributed by atoms with Crippen LogP contribution in [0.2, 0.25) is 0 Å². The molecule has 190 valence electrons. The summed E-state index contributed by atoms with van der Waals surface area (Å²) in [6.07, 6.45) is 3.54. The first-order chi connectivity index (χ1) is 17.0. The van der Waals surface area contributed by atoms with Gasteiger partial charge in [0.15, 0.2) is 5.65 Å². The fourth-order valence-electron chi connectivity index (χ4n) is 3.67. The molecule has 4 rings (SSSR count). The van der Waals surface area contributed by atoms with Gasteiger partial charge in [-0.15, -0.1) is 13.2 Å². The molecular weight excluding hydrogens is 479 g/mol. The first kappa shape index (κ1) is 25.1. The Hall–Kier alpha value is -4.00. The number of nitrogens with zero attached hydrogens (tertiary/aromatic N) is 6. The summed E-state index contributed by atoms with van der Waals surface area (Å²) in [5.74, 6) is -0.960. The number of alkyl halides is 3. The predicted molar refractivity (Wildman–Crippen MR) is 122 cm³/mol. The van der Waals surface area contributed by atoms with Crippen LogP contribution < -0.4 is 10.1 Å². The number of nitrogens with one attached hydrogen (secondary N) is 1. The average Bonchev–Trinajstić information content (AvgIpc) is 3.48. The van der Waals surface area contributed by atoms with E-state index in [0.717, 1.165) is 6.07 Å². The van der Waals surface area contributed by atoms with Gasteiger partial charge in [0, 0.05) is 35.8 Å². The van der Waals surface area contributed by atoms with Gasteiger partial charge in [-0.05, 0) is 38.0 Å². The van der Waals surface area contributed by atoms with Crippen LogP contribution in [0.3, 0.4) is 0 Å². The number of amides is 1. The van der Waals surface area contributed by atoms with Gasteiger partial charge in [0.2, 0.25) is 5.88 Å². The van der Waals surface area contributed by atoms with Gasteiger partial charge in [0.1, 0.15) is 6.33 Å². The lowest BCUT2D eigenvalue weighted by atomic mass is 10.0. The Labute approximate surface area is 203 Å². The van der Waals surface area contributed by atoms with Crippen molar-refractivity contribution in [2.75, 3.05) is 6.61 Å². The number of hydrogen-bond donors (Lipinski definition) is 2. The largest absolute Gasteiger partial charge is 0.574 e. The van der Waals surface area contributed by atoms with Crippen molar-refractivity contribution >= 4 is 11.6 Å². The second-order valence-electron chi connectivity index (χ2n) is 8.78. The molecule has 0 radical (unpaired) electrons. The number of pyridine rings is 2. The highest BCUT2D eigenvalue weighted by molar-refractivity contribution is 6.01. The van der Waals surface area contributed by atoms with Gasteiger partial charge < -0.3 is 15.2 Å². The van der Waals surface area contributed by atoms with Crippen LogP contribution in [0.1, 0.15) is 49.2 Å². The maximum absolute atomic E-state index is 13.0. The average molecular weight is 503 g/mol. The monoisotopic (exact) mass is 503 g/mol. The van der Waals surface area contributed by atoms with Crippen molar-refractivity contribution in [3.63, 3.8) is 0 Å². The minimum Gasteiger partial charge on any atom is -0.394 e. The van der Waals surface area contributed by atoms with Crippen LogP contribution in [0.4, 0.5) is 13.2 Å². The van der Waals surface area contributed by atoms with Crippen LogP contribution in [0.5, 0.6) is 5.88 Å². The number of rotatable bonds is 8. The van der Waals surface area contributed by atoms with E-state index < -0.39 is 23.7 Å². The second-order valence-corrected chi connectivity index (χ2v) is 8.78. The topological polar surface area (TPSA) is 119 Å². The fourth-order valence-corrected chi connectivity index (χ4v) is 3.67. The Bertz CT molecular complexity index is 1360. The maximum atomic E-state index is 13.0. The molecule has 10 nitrogen and oxygen atoms in total. The molecule has 0 saturated carbocycles. The second kappa shape index (κ2) is 9.57. The standard InChI is InChI=1S/C23H24F3N7O3/c1-4-18(14-5-6-19(27-8-14)36-23(24,25)26)32-11-16(9-29-32)15-7-17(20-28-13-30-33(20)10-15)21(35)31-22(2,3)12-34/h5-11,13,18,34H,4,12H2,1-3H3,(H,31,35). The Morgan fingerprint density at radius 1 is 1.14 bits per heavy atom. The number of aliphatic hydroxyl groups excluding tert-OH is 1. The van der Waals surface area contributed by atoms with Crippen LogP contribution in [0.15, 0.2) is 49.3 Å². The molecular formula is C23H24F3N7O3. The van der Waals surface area contributed by atoms with Crippen molar-refractivity contribution in [3.8, 4) is 17.0 Å². The van der Waals surface area contributed by atoms with Crippen molar-refractivity contribution in [1.82, 2.24) is 34.7 Å². The molecule has 0 aliphatic carbocycles. The van der Waals surface area contributed by atoms with Crippen LogP contribution in [0.25, 0.3) is 16.8 Å². The zero-order chi connectivity index (χ0) is 26.1. The number of hydrogen-bond acceptors (Lipinski definition) is 7. The van der Waals surface area contributed by atoms with Crippen LogP contribution in [0, 0.1) is 0 Å². The number of carbonyl (C=O) groups excluding carboxylic acids is 1. The summed E-state index contributed by atoms with van der Waals surface area (Å²) in [6, 6.07) is 4.04. The van der Waals surface area contributed by atoms with Crippen LogP contribution in [-0.4, -0.2) is 58.9 Å². The third kappa shape index (κ3) is 5.46. The van der Waals surface area contributed by atoms with Crippen molar-refractivity contribution in [2.24, 2.45) is 0 Å². The smallest absolute Gasteiger partial charge is 0.394 e. The first-order valence-corrected chi connectivity index (χ1v) is 11.0. The van der Waals surface area contributed by atoms with Gasteiger partial charge in [0.25, 0.3) is 5.91 Å². The molecule has 0 aliphatic rings. The third-order valence-electron chi connectivity index (χ3n) is 5.47. The van der Waals surface area contributed by atoms with E-state index in [0.29, 0.717) is 28.8 Å². The summed E-state index contributed by atoms with van der Waals surface area (Å²) >= 11 is 0. The zero-order valence-electron chi connectivity index (χ0n) is 19.7. The lowest BCUT2D eigenvalue weighted by molar-refractivity contribution is -0.276. The molecule has 0 fully saturated rings. The summed E-state index contributed by atoms with van der Waals surface area (Å²) < 4.78 is 44.3. The minimum atomic E-state index is -4.82. The molecule has 0 saturated heterocycles. The SMILES string of the molecule is CCC(c1ccc(OC(F)(F)F)nc1)n1cc(-c2cc(C(=O)NC(C)(C)CO)c3ncnn3c2)cn1. The highest BCUT2D eigenvalue weighted by atomic mass is 19.4. The van der Waals surface area contributed by atoms with E-state index in [1.54, 1.807) is 43.2 Å². The normalized spacial score (nSPS) is 13.1. The van der Waals surface area contributed by atoms with E-state index >= 15 is 0 Å². The Balaban J connectivity index is 1.64. The number of fused-ring (bicyclic) bond motifs is 1. The molecule has 13 heteroatoms. The van der Waals surface area contributed by atoms with Crippen molar-refractivity contribution in [3.05, 3.63) is 60.4 Å². The minimum absolute atomic E-state index is 0.245. The summed E-state index contributed by atoms with van der Waals surface area (Å²) in [6.45, 7) is 5.06. The van der Waals surface area contributed by atoms with Crippen molar-refractivity contribution < 1.29 is 27.8 Å². The number of aromatic nitrogens is 6. The summed E-state index contributed by atoms with van der Waals surface area (Å²) in [5.41, 5.74) is 1.78. The van der Waals surface area contributed by atoms with Crippen LogP contribution >= 0.6 is 0 Å². The number of carbonyl (C=O) groups is 1. The lowest BCUT2D eigenvalue weighted by Crippen LogP contribution is -2.46. The summed E-state index contributed by atoms with van der Waals surface area (Å²) in [4.78, 5) is 20.9. The van der Waals surface area contributed by atoms with Crippen molar-refractivity contribution in [2.45, 2.75) is 45.1 Å². The molecule has 1 unspecified atom stereocenters. The molecule has 0 spiro atoms. The van der Waals surface area contributed by atoms with Crippen molar-refractivity contribution in [1.29, 1.82) is 0 Å².